The Morgan fingerprint density at radius 3 is 2.38 bits per heavy atom. The van der Waals surface area contributed by atoms with Gasteiger partial charge in [-0.15, -0.1) is 0 Å². The molecule has 0 aliphatic rings. The number of hydrogen-bond acceptors (Lipinski definition) is 3. The van der Waals surface area contributed by atoms with Crippen LogP contribution in [0.5, 0.6) is 5.75 Å². The van der Waals surface area contributed by atoms with E-state index in [4.69, 9.17) is 27.9 Å². The van der Waals surface area contributed by atoms with Crippen LogP contribution in [-0.2, 0) is 4.79 Å². The van der Waals surface area contributed by atoms with Gasteiger partial charge in [-0.1, -0.05) is 35.3 Å². The van der Waals surface area contributed by atoms with Crippen LogP contribution in [0, 0.1) is 0 Å². The van der Waals surface area contributed by atoms with Crippen LogP contribution in [0.2, 0.25) is 10.0 Å². The predicted molar refractivity (Wildman–Crippen MR) is 93.7 cm³/mol. The zero-order valence-corrected chi connectivity index (χ0v) is 14.2. The van der Waals surface area contributed by atoms with E-state index in [1.54, 1.807) is 48.5 Å². The highest BCUT2D eigenvalue weighted by atomic mass is 35.5. The van der Waals surface area contributed by atoms with Crippen molar-refractivity contribution in [2.24, 2.45) is 0 Å². The lowest BCUT2D eigenvalue weighted by molar-refractivity contribution is -0.120. The maximum atomic E-state index is 11.9. The van der Waals surface area contributed by atoms with Gasteiger partial charge in [0.25, 0.3) is 5.91 Å². The van der Waals surface area contributed by atoms with Crippen LogP contribution in [-0.4, -0.2) is 31.5 Å². The molecule has 7 heteroatoms. The molecule has 0 unspecified atom stereocenters. The minimum atomic E-state index is -0.395. The van der Waals surface area contributed by atoms with E-state index in [9.17, 15) is 9.59 Å². The summed E-state index contributed by atoms with van der Waals surface area (Å²) in [6, 6.07) is 13.6. The summed E-state index contributed by atoms with van der Waals surface area (Å²) in [7, 11) is 0. The maximum Gasteiger partial charge on any atom is 0.253 e. The molecule has 24 heavy (non-hydrogen) atoms. The Bertz CT molecular complexity index is 705. The highest BCUT2D eigenvalue weighted by Gasteiger charge is 2.10. The molecule has 0 atom stereocenters. The second-order valence-corrected chi connectivity index (χ2v) is 5.66. The molecule has 2 aromatic rings. The molecule has 0 aromatic heterocycles. The lowest BCUT2D eigenvalue weighted by Gasteiger charge is -2.09. The van der Waals surface area contributed by atoms with Gasteiger partial charge in [0, 0.05) is 5.02 Å². The number of nitrogens with one attached hydrogen (secondary N) is 2. The summed E-state index contributed by atoms with van der Waals surface area (Å²) in [5.41, 5.74) is 0.332. The third-order valence-electron chi connectivity index (χ3n) is 3.03. The van der Waals surface area contributed by atoms with Crippen molar-refractivity contribution < 1.29 is 14.3 Å². The third kappa shape index (κ3) is 5.76. The van der Waals surface area contributed by atoms with Gasteiger partial charge in [-0.25, -0.2) is 0 Å². The molecular formula is C17H16Cl2N2O3. The summed E-state index contributed by atoms with van der Waals surface area (Å²) < 4.78 is 5.44. The molecule has 0 heterocycles. The van der Waals surface area contributed by atoms with Gasteiger partial charge < -0.3 is 15.4 Å². The first-order chi connectivity index (χ1) is 11.6. The van der Waals surface area contributed by atoms with E-state index in [1.807, 2.05) is 0 Å². The van der Waals surface area contributed by atoms with Crippen LogP contribution in [0.1, 0.15) is 10.4 Å². The molecule has 0 radical (unpaired) electrons. The summed E-state index contributed by atoms with van der Waals surface area (Å²) in [6.45, 7) is 0.500. The third-order valence-corrected chi connectivity index (χ3v) is 3.62. The van der Waals surface area contributed by atoms with Crippen molar-refractivity contribution in [3.05, 3.63) is 64.1 Å². The van der Waals surface area contributed by atoms with Gasteiger partial charge >= 0.3 is 0 Å². The summed E-state index contributed by atoms with van der Waals surface area (Å²) >= 11 is 11.7. The fourth-order valence-electron chi connectivity index (χ4n) is 1.85. The van der Waals surface area contributed by atoms with E-state index in [0.717, 1.165) is 0 Å². The zero-order valence-electron chi connectivity index (χ0n) is 12.7. The number of rotatable bonds is 7. The first-order valence-corrected chi connectivity index (χ1v) is 7.99. The zero-order chi connectivity index (χ0) is 17.4. The summed E-state index contributed by atoms with van der Waals surface area (Å²) in [6.07, 6.45) is 0. The molecule has 2 amide bonds. The molecule has 126 valence electrons. The molecule has 5 nitrogen and oxygen atoms in total. The molecule has 2 aromatic carbocycles. The quantitative estimate of drug-likeness (QED) is 0.740. The number of carbonyl (C=O) groups excluding carboxylic acids is 2. The van der Waals surface area contributed by atoms with Crippen molar-refractivity contribution in [3.63, 3.8) is 0 Å². The molecule has 0 saturated carbocycles. The van der Waals surface area contributed by atoms with Gasteiger partial charge in [0.05, 0.1) is 23.7 Å². The van der Waals surface area contributed by atoms with E-state index in [-0.39, 0.29) is 12.5 Å². The van der Waals surface area contributed by atoms with E-state index in [0.29, 0.717) is 34.5 Å². The molecular weight excluding hydrogens is 351 g/mol. The summed E-state index contributed by atoms with van der Waals surface area (Å²) in [5, 5.41) is 6.13. The second kappa shape index (κ2) is 9.15. The summed E-state index contributed by atoms with van der Waals surface area (Å²) in [5.74, 6) is -0.0380. The van der Waals surface area contributed by atoms with Crippen molar-refractivity contribution in [3.8, 4) is 5.75 Å². The number of hydrogen-bond donors (Lipinski definition) is 2. The Kier molecular flexibility index (Phi) is 6.90. The minimum absolute atomic E-state index is 0.134. The monoisotopic (exact) mass is 366 g/mol. The molecule has 2 N–H and O–H groups in total. The van der Waals surface area contributed by atoms with Crippen LogP contribution >= 0.6 is 23.2 Å². The van der Waals surface area contributed by atoms with Gasteiger partial charge in [0.2, 0.25) is 5.91 Å². The average molecular weight is 367 g/mol. The van der Waals surface area contributed by atoms with Crippen molar-refractivity contribution in [2.45, 2.75) is 0 Å². The molecule has 0 aliphatic carbocycles. The van der Waals surface area contributed by atoms with Crippen LogP contribution in [0.15, 0.2) is 48.5 Å². The van der Waals surface area contributed by atoms with Crippen molar-refractivity contribution in [2.75, 3.05) is 19.7 Å². The Morgan fingerprint density at radius 2 is 1.67 bits per heavy atom. The van der Waals surface area contributed by atoms with Crippen molar-refractivity contribution in [1.82, 2.24) is 10.6 Å². The lowest BCUT2D eigenvalue weighted by atomic mass is 10.2. The van der Waals surface area contributed by atoms with E-state index in [2.05, 4.69) is 10.6 Å². The largest absolute Gasteiger partial charge is 0.492 e. The SMILES string of the molecule is O=C(CNC(=O)c1ccccc1Cl)NCCOc1ccc(Cl)cc1. The molecule has 0 fully saturated rings. The highest BCUT2D eigenvalue weighted by Crippen LogP contribution is 2.15. The number of amides is 2. The molecule has 0 bridgehead atoms. The first kappa shape index (κ1) is 18.1. The normalized spacial score (nSPS) is 10.1. The summed E-state index contributed by atoms with van der Waals surface area (Å²) in [4.78, 5) is 23.6. The van der Waals surface area contributed by atoms with Crippen LogP contribution < -0.4 is 15.4 Å². The molecule has 0 aliphatic heterocycles. The number of halogens is 2. The molecule has 0 spiro atoms. The Labute approximate surface area is 149 Å². The standard InChI is InChI=1S/C17H16Cl2N2O3/c18-12-5-7-13(8-6-12)24-10-9-20-16(22)11-21-17(23)14-3-1-2-4-15(14)19/h1-8H,9-11H2,(H,20,22)(H,21,23). The van der Waals surface area contributed by atoms with Crippen molar-refractivity contribution in [1.29, 1.82) is 0 Å². The van der Waals surface area contributed by atoms with Gasteiger partial charge in [-0.3, -0.25) is 9.59 Å². The smallest absolute Gasteiger partial charge is 0.253 e. The van der Waals surface area contributed by atoms with Gasteiger partial charge in [-0.05, 0) is 36.4 Å². The number of carbonyl (C=O) groups is 2. The van der Waals surface area contributed by atoms with Gasteiger partial charge in [-0.2, -0.15) is 0 Å². The number of benzene rings is 2. The van der Waals surface area contributed by atoms with Crippen LogP contribution in [0.3, 0.4) is 0 Å². The van der Waals surface area contributed by atoms with E-state index >= 15 is 0 Å². The Balaban J connectivity index is 1.65. The number of ether oxygens (including phenoxy) is 1. The fraction of sp³-hybridized carbons (Fsp3) is 0.176. The lowest BCUT2D eigenvalue weighted by Crippen LogP contribution is -2.38. The van der Waals surface area contributed by atoms with Crippen molar-refractivity contribution >= 4 is 35.0 Å². The second-order valence-electron chi connectivity index (χ2n) is 4.81. The van der Waals surface area contributed by atoms with Gasteiger partial charge in [0.1, 0.15) is 12.4 Å². The first-order valence-electron chi connectivity index (χ1n) is 7.24. The Hall–Kier alpha value is -2.24. The highest BCUT2D eigenvalue weighted by molar-refractivity contribution is 6.33. The van der Waals surface area contributed by atoms with E-state index < -0.39 is 5.91 Å². The van der Waals surface area contributed by atoms with E-state index in [1.165, 1.54) is 0 Å². The van der Waals surface area contributed by atoms with Crippen LogP contribution in [0.4, 0.5) is 0 Å². The Morgan fingerprint density at radius 1 is 0.958 bits per heavy atom. The fourth-order valence-corrected chi connectivity index (χ4v) is 2.20. The predicted octanol–water partition coefficient (Wildman–Crippen LogP) is 2.92. The topological polar surface area (TPSA) is 67.4 Å². The minimum Gasteiger partial charge on any atom is -0.492 e. The molecule has 0 saturated heterocycles. The molecule has 2 rings (SSSR count). The van der Waals surface area contributed by atoms with Crippen LogP contribution in [0.25, 0.3) is 0 Å². The maximum absolute atomic E-state index is 11.9. The van der Waals surface area contributed by atoms with Gasteiger partial charge in [0.15, 0.2) is 0 Å². The average Bonchev–Trinajstić information content (AvgIpc) is 2.58.